The minimum absolute atomic E-state index is 0.0653. The number of hydrogen-bond donors (Lipinski definition) is 3. The second kappa shape index (κ2) is 16.3. The van der Waals surface area contributed by atoms with Crippen molar-refractivity contribution in [2.24, 2.45) is 0 Å². The van der Waals surface area contributed by atoms with Crippen LogP contribution in [-0.2, 0) is 11.0 Å². The van der Waals surface area contributed by atoms with Gasteiger partial charge < -0.3 is 24.9 Å². The molecule has 4 aromatic rings. The number of nitrogens with zero attached hydrogens (tertiary/aromatic N) is 2. The molecular weight excluding hydrogens is 561 g/mol. The number of halogens is 4. The lowest BCUT2D eigenvalue weighted by Crippen LogP contribution is -2.14. The van der Waals surface area contributed by atoms with Crippen molar-refractivity contribution in [2.45, 2.75) is 46.9 Å². The van der Waals surface area contributed by atoms with Crippen LogP contribution in [0.15, 0.2) is 48.9 Å². The van der Waals surface area contributed by atoms with E-state index in [1.807, 2.05) is 39.7 Å². The maximum Gasteiger partial charge on any atom is 0.417 e. The minimum Gasteiger partial charge on any atom is -0.489 e. The molecule has 0 spiro atoms. The number of fused-ring (bicyclic) bond motifs is 1. The van der Waals surface area contributed by atoms with Crippen LogP contribution in [-0.4, -0.2) is 52.4 Å². The quantitative estimate of drug-likeness (QED) is 0.217. The van der Waals surface area contributed by atoms with Gasteiger partial charge in [-0.1, -0.05) is 23.2 Å². The van der Waals surface area contributed by atoms with Crippen LogP contribution in [0.3, 0.4) is 0 Å². The first-order valence-electron chi connectivity index (χ1n) is 12.4. The van der Waals surface area contributed by atoms with E-state index < -0.39 is 11.7 Å². The number of rotatable bonds is 5. The number of benzene rings is 1. The molecule has 3 N–H and O–H groups in total. The van der Waals surface area contributed by atoms with Crippen molar-refractivity contribution in [3.8, 4) is 5.75 Å². The summed E-state index contributed by atoms with van der Waals surface area (Å²) in [6.45, 7) is 11.3. The number of nitrogens with one attached hydrogen (secondary N) is 2. The number of pyridine rings is 2. The molecular formula is C29H34ClF3N4O4. The number of H-pyrrole nitrogens is 1. The third-order valence-electron chi connectivity index (χ3n) is 5.08. The summed E-state index contributed by atoms with van der Waals surface area (Å²) in [4.78, 5) is 32.9. The third-order valence-corrected chi connectivity index (χ3v) is 5.41. The van der Waals surface area contributed by atoms with E-state index in [1.165, 1.54) is 12.1 Å². The second-order valence-corrected chi connectivity index (χ2v) is 9.10. The van der Waals surface area contributed by atoms with Gasteiger partial charge in [-0.3, -0.25) is 9.78 Å². The van der Waals surface area contributed by atoms with E-state index in [0.717, 1.165) is 17.0 Å². The van der Waals surface area contributed by atoms with Gasteiger partial charge in [-0.15, -0.1) is 0 Å². The van der Waals surface area contributed by atoms with Gasteiger partial charge in [0.25, 0.3) is 0 Å². The van der Waals surface area contributed by atoms with E-state index in [2.05, 4.69) is 20.3 Å². The molecule has 0 aliphatic rings. The van der Waals surface area contributed by atoms with E-state index in [4.69, 9.17) is 26.2 Å². The predicted molar refractivity (Wildman–Crippen MR) is 155 cm³/mol. The number of carbonyl (C=O) groups is 2. The summed E-state index contributed by atoms with van der Waals surface area (Å²) in [5.74, 6) is 0.272. The Labute approximate surface area is 241 Å². The van der Waals surface area contributed by atoms with Gasteiger partial charge >= 0.3 is 6.18 Å². The number of ketones is 1. The zero-order valence-corrected chi connectivity index (χ0v) is 24.4. The molecule has 12 heteroatoms. The summed E-state index contributed by atoms with van der Waals surface area (Å²) < 4.78 is 42.3. The number of carbonyl (C=O) groups excluding carboxylic acids is 2. The van der Waals surface area contributed by atoms with Gasteiger partial charge in [-0.25, -0.2) is 4.98 Å². The summed E-state index contributed by atoms with van der Waals surface area (Å²) in [5, 5.41) is 11.1. The van der Waals surface area contributed by atoms with Crippen LogP contribution < -0.4 is 10.1 Å². The first kappa shape index (κ1) is 35.1. The zero-order valence-electron chi connectivity index (χ0n) is 23.7. The summed E-state index contributed by atoms with van der Waals surface area (Å²) in [7, 11) is 1.77. The number of aromatic amines is 1. The van der Waals surface area contributed by atoms with E-state index >= 15 is 0 Å². The normalized spacial score (nSPS) is 10.4. The Bertz CT molecular complexity index is 1430. The smallest absolute Gasteiger partial charge is 0.417 e. The molecule has 0 unspecified atom stereocenters. The summed E-state index contributed by atoms with van der Waals surface area (Å²) in [6.07, 6.45) is 0.605. The number of aryl methyl sites for hydroxylation is 2. The zero-order chi connectivity index (χ0) is 31.3. The highest BCUT2D eigenvalue weighted by Crippen LogP contribution is 2.35. The first-order chi connectivity index (χ1) is 19.3. The highest BCUT2D eigenvalue weighted by molar-refractivity contribution is 6.31. The molecule has 4 rings (SSSR count). The van der Waals surface area contributed by atoms with Gasteiger partial charge in [0.1, 0.15) is 23.9 Å². The molecule has 1 aromatic carbocycles. The highest BCUT2D eigenvalue weighted by Gasteiger charge is 2.33. The van der Waals surface area contributed by atoms with E-state index in [1.54, 1.807) is 39.5 Å². The molecule has 0 saturated carbocycles. The SMILES string of the molecule is C=O.CCO.CNc1cc(C)cnc1C(=O)c1c(OC(C)C)cnc2[nH]ccc12.Cc1ccc(Cl)c(C(F)(F)F)c1. The fraction of sp³-hybridized carbons (Fsp3) is 0.310. The number of alkyl halides is 3. The van der Waals surface area contributed by atoms with E-state index in [9.17, 15) is 18.0 Å². The molecule has 0 fully saturated rings. The number of aliphatic hydroxyl groups is 1. The number of aliphatic hydroxyl groups excluding tert-OH is 1. The molecule has 0 saturated heterocycles. The Morgan fingerprint density at radius 1 is 1.12 bits per heavy atom. The Morgan fingerprint density at radius 2 is 1.76 bits per heavy atom. The molecule has 222 valence electrons. The lowest BCUT2D eigenvalue weighted by molar-refractivity contribution is -0.137. The van der Waals surface area contributed by atoms with Crippen molar-refractivity contribution in [2.75, 3.05) is 19.0 Å². The van der Waals surface area contributed by atoms with Crippen LogP contribution in [0.1, 0.15) is 53.5 Å². The Hall–Kier alpha value is -3.96. The van der Waals surface area contributed by atoms with Crippen LogP contribution in [0.4, 0.5) is 18.9 Å². The standard InChI is InChI=1S/C18H20N4O2.C8H6ClF3.C2H6O.CH2O/c1-10(2)24-14-9-22-18-12(5-6-20-18)15(14)17(23)16-13(19-4)7-11(3)8-21-16;1-5-2-3-7(9)6(4-5)8(10,11)12;1-2-3;1-2/h5-10,19H,1-4H3,(H,20,22);2-4H,1H3;3H,2H2,1H3;1H2. The van der Waals surface area contributed by atoms with Gasteiger partial charge in [-0.2, -0.15) is 13.2 Å². The van der Waals surface area contributed by atoms with Crippen molar-refractivity contribution in [1.82, 2.24) is 15.0 Å². The Morgan fingerprint density at radius 3 is 2.29 bits per heavy atom. The molecule has 3 aromatic heterocycles. The number of aromatic nitrogens is 3. The summed E-state index contributed by atoms with van der Waals surface area (Å²) >= 11 is 5.36. The molecule has 3 heterocycles. The van der Waals surface area contributed by atoms with Crippen molar-refractivity contribution < 1.29 is 32.6 Å². The molecule has 41 heavy (non-hydrogen) atoms. The van der Waals surface area contributed by atoms with Crippen molar-refractivity contribution in [3.05, 3.63) is 81.9 Å². The molecule has 0 aliphatic carbocycles. The molecule has 8 nitrogen and oxygen atoms in total. The monoisotopic (exact) mass is 594 g/mol. The fourth-order valence-corrected chi connectivity index (χ4v) is 3.71. The first-order valence-corrected chi connectivity index (χ1v) is 12.8. The Kier molecular flexibility index (Phi) is 14.0. The van der Waals surface area contributed by atoms with E-state index in [0.29, 0.717) is 33.9 Å². The largest absolute Gasteiger partial charge is 0.489 e. The average Bonchev–Trinajstić information content (AvgIpc) is 3.39. The maximum absolute atomic E-state index is 13.2. The van der Waals surface area contributed by atoms with Crippen LogP contribution >= 0.6 is 11.6 Å². The lowest BCUT2D eigenvalue weighted by atomic mass is 10.0. The minimum atomic E-state index is -4.36. The van der Waals surface area contributed by atoms with Crippen molar-refractivity contribution >= 4 is 40.9 Å². The topological polar surface area (TPSA) is 117 Å². The number of anilines is 1. The van der Waals surface area contributed by atoms with Gasteiger partial charge in [0.2, 0.25) is 5.78 Å². The second-order valence-electron chi connectivity index (χ2n) is 8.69. The maximum atomic E-state index is 13.2. The molecule has 0 bridgehead atoms. The van der Waals surface area contributed by atoms with Gasteiger partial charge in [-0.05, 0) is 64.4 Å². The van der Waals surface area contributed by atoms with Gasteiger partial charge in [0, 0.05) is 31.4 Å². The number of hydrogen-bond acceptors (Lipinski definition) is 7. The van der Waals surface area contributed by atoms with Crippen LogP contribution in [0.2, 0.25) is 5.02 Å². The average molecular weight is 595 g/mol. The lowest BCUT2D eigenvalue weighted by Gasteiger charge is -2.15. The highest BCUT2D eigenvalue weighted by atomic mass is 35.5. The van der Waals surface area contributed by atoms with Gasteiger partial charge in [0.05, 0.1) is 34.1 Å². The van der Waals surface area contributed by atoms with Gasteiger partial charge in [0.15, 0.2) is 0 Å². The predicted octanol–water partition coefficient (Wildman–Crippen LogP) is 6.81. The molecule has 0 aliphatic heterocycles. The molecule has 0 radical (unpaired) electrons. The summed E-state index contributed by atoms with van der Waals surface area (Å²) in [6, 6.07) is 7.55. The molecule has 0 atom stereocenters. The Balaban J connectivity index is 0.000000414. The van der Waals surface area contributed by atoms with Crippen molar-refractivity contribution in [3.63, 3.8) is 0 Å². The fourth-order valence-electron chi connectivity index (χ4n) is 3.48. The van der Waals surface area contributed by atoms with Crippen LogP contribution in [0.5, 0.6) is 5.75 Å². The summed E-state index contributed by atoms with van der Waals surface area (Å²) in [5.41, 5.74) is 2.93. The van der Waals surface area contributed by atoms with E-state index in [-0.39, 0.29) is 23.5 Å². The third kappa shape index (κ3) is 9.87. The number of ether oxygens (including phenoxy) is 1. The molecule has 0 amide bonds. The van der Waals surface area contributed by atoms with Crippen LogP contribution in [0.25, 0.3) is 11.0 Å². The van der Waals surface area contributed by atoms with Crippen molar-refractivity contribution in [1.29, 1.82) is 0 Å². The van der Waals surface area contributed by atoms with Crippen LogP contribution in [0, 0.1) is 13.8 Å².